The SMILES string of the molecule is CC(C)(C(=O)Nc1nncs1)C(c1ccccc1)c1ccc2c(cnn2CCCO)c1. The number of nitrogens with zero attached hydrogens (tertiary/aromatic N) is 4. The van der Waals surface area contributed by atoms with Crippen LogP contribution in [0.15, 0.2) is 60.2 Å². The fourth-order valence-corrected chi connectivity index (χ4v) is 4.41. The van der Waals surface area contributed by atoms with E-state index in [2.05, 4.69) is 44.9 Å². The van der Waals surface area contributed by atoms with E-state index in [0.717, 1.165) is 22.0 Å². The molecule has 2 aromatic heterocycles. The lowest BCUT2D eigenvalue weighted by Crippen LogP contribution is -2.37. The standard InChI is InChI=1S/C23H25N5O2S/c1-23(2,21(30)26-22-27-24-15-31-22)20(16-7-4-3-5-8-16)17-9-10-19-18(13-17)14-25-28(19)11-6-12-29/h3-5,7-10,13-15,20,29H,6,11-12H2,1-2H3,(H,26,27,30). The normalized spacial score (nSPS) is 12.7. The molecule has 0 aliphatic carbocycles. The summed E-state index contributed by atoms with van der Waals surface area (Å²) in [6.07, 6.45) is 2.50. The maximum atomic E-state index is 13.3. The first-order valence-electron chi connectivity index (χ1n) is 10.2. The van der Waals surface area contributed by atoms with Crippen molar-refractivity contribution in [1.82, 2.24) is 20.0 Å². The average Bonchev–Trinajstić information content (AvgIpc) is 3.42. The minimum Gasteiger partial charge on any atom is -0.396 e. The third-order valence-corrected chi connectivity index (χ3v) is 6.15. The van der Waals surface area contributed by atoms with E-state index in [9.17, 15) is 4.79 Å². The summed E-state index contributed by atoms with van der Waals surface area (Å²) in [7, 11) is 0. The monoisotopic (exact) mass is 435 g/mol. The van der Waals surface area contributed by atoms with Crippen LogP contribution in [0.1, 0.15) is 37.3 Å². The van der Waals surface area contributed by atoms with Gasteiger partial charge in [-0.25, -0.2) is 0 Å². The molecule has 0 aliphatic heterocycles. The summed E-state index contributed by atoms with van der Waals surface area (Å²) in [5, 5.41) is 25.8. The van der Waals surface area contributed by atoms with Crippen LogP contribution in [-0.4, -0.2) is 37.6 Å². The molecule has 2 aromatic carbocycles. The van der Waals surface area contributed by atoms with Crippen molar-refractivity contribution >= 4 is 33.3 Å². The highest BCUT2D eigenvalue weighted by Crippen LogP contribution is 2.42. The molecule has 0 saturated carbocycles. The summed E-state index contributed by atoms with van der Waals surface area (Å²) in [6.45, 7) is 4.70. The van der Waals surface area contributed by atoms with Crippen LogP contribution in [0.4, 0.5) is 5.13 Å². The number of aliphatic hydroxyl groups excluding tert-OH is 1. The zero-order valence-electron chi connectivity index (χ0n) is 17.5. The summed E-state index contributed by atoms with van der Waals surface area (Å²) in [4.78, 5) is 13.3. The molecule has 4 rings (SSSR count). The van der Waals surface area contributed by atoms with E-state index in [4.69, 9.17) is 5.11 Å². The highest BCUT2D eigenvalue weighted by molar-refractivity contribution is 7.13. The fraction of sp³-hybridized carbons (Fsp3) is 0.304. The molecule has 0 bridgehead atoms. The molecule has 160 valence electrons. The van der Waals surface area contributed by atoms with Crippen LogP contribution in [0.3, 0.4) is 0 Å². The van der Waals surface area contributed by atoms with Gasteiger partial charge in [-0.05, 0) is 29.7 Å². The van der Waals surface area contributed by atoms with Crippen molar-refractivity contribution in [2.45, 2.75) is 32.7 Å². The number of benzene rings is 2. The summed E-state index contributed by atoms with van der Waals surface area (Å²) in [5.74, 6) is -0.288. The number of nitrogens with one attached hydrogen (secondary N) is 1. The number of carbonyl (C=O) groups is 1. The van der Waals surface area contributed by atoms with Gasteiger partial charge in [-0.15, -0.1) is 10.2 Å². The lowest BCUT2D eigenvalue weighted by Gasteiger charge is -2.33. The summed E-state index contributed by atoms with van der Waals surface area (Å²) < 4.78 is 1.90. The van der Waals surface area contributed by atoms with E-state index in [1.54, 1.807) is 5.51 Å². The van der Waals surface area contributed by atoms with Crippen LogP contribution < -0.4 is 5.32 Å². The summed E-state index contributed by atoms with van der Waals surface area (Å²) in [6, 6.07) is 16.3. The van der Waals surface area contributed by atoms with E-state index in [-0.39, 0.29) is 18.4 Å². The zero-order valence-corrected chi connectivity index (χ0v) is 18.3. The molecule has 31 heavy (non-hydrogen) atoms. The molecule has 2 N–H and O–H groups in total. The minimum absolute atomic E-state index is 0.114. The fourth-order valence-electron chi connectivity index (χ4n) is 3.97. The van der Waals surface area contributed by atoms with Gasteiger partial charge in [-0.2, -0.15) is 5.10 Å². The lowest BCUT2D eigenvalue weighted by atomic mass is 9.70. The molecule has 1 atom stereocenters. The van der Waals surface area contributed by atoms with Crippen molar-refractivity contribution in [2.24, 2.45) is 5.41 Å². The quantitative estimate of drug-likeness (QED) is 0.435. The van der Waals surface area contributed by atoms with Crippen molar-refractivity contribution in [3.05, 3.63) is 71.4 Å². The van der Waals surface area contributed by atoms with Gasteiger partial charge in [0.1, 0.15) is 5.51 Å². The van der Waals surface area contributed by atoms with Gasteiger partial charge in [0, 0.05) is 24.5 Å². The van der Waals surface area contributed by atoms with Gasteiger partial charge >= 0.3 is 0 Å². The van der Waals surface area contributed by atoms with Gasteiger partial charge in [-0.3, -0.25) is 9.48 Å². The Morgan fingerprint density at radius 2 is 2.00 bits per heavy atom. The van der Waals surface area contributed by atoms with Crippen LogP contribution in [-0.2, 0) is 11.3 Å². The summed E-state index contributed by atoms with van der Waals surface area (Å²) >= 11 is 1.30. The molecule has 0 radical (unpaired) electrons. The predicted octanol–water partition coefficient (Wildman–Crippen LogP) is 4.07. The van der Waals surface area contributed by atoms with Gasteiger partial charge in [0.15, 0.2) is 0 Å². The average molecular weight is 436 g/mol. The topological polar surface area (TPSA) is 92.9 Å². The molecular weight excluding hydrogens is 410 g/mol. The molecule has 0 fully saturated rings. The molecule has 0 saturated heterocycles. The maximum absolute atomic E-state index is 13.3. The number of amides is 1. The van der Waals surface area contributed by atoms with Gasteiger partial charge in [0.2, 0.25) is 11.0 Å². The van der Waals surface area contributed by atoms with Gasteiger partial charge in [0.05, 0.1) is 17.1 Å². The molecule has 8 heteroatoms. The second-order valence-electron chi connectivity index (χ2n) is 8.03. The van der Waals surface area contributed by atoms with Crippen molar-refractivity contribution in [3.8, 4) is 0 Å². The number of hydrogen-bond acceptors (Lipinski definition) is 6. The van der Waals surface area contributed by atoms with Gasteiger partial charge < -0.3 is 10.4 Å². The van der Waals surface area contributed by atoms with Gasteiger partial charge in [-0.1, -0.05) is 61.6 Å². The predicted molar refractivity (Wildman–Crippen MR) is 122 cm³/mol. The Balaban J connectivity index is 1.74. The first-order chi connectivity index (χ1) is 15.0. The van der Waals surface area contributed by atoms with Crippen molar-refractivity contribution in [3.63, 3.8) is 0 Å². The van der Waals surface area contributed by atoms with Crippen LogP contribution in [0.25, 0.3) is 10.9 Å². The van der Waals surface area contributed by atoms with Crippen LogP contribution in [0.2, 0.25) is 0 Å². The smallest absolute Gasteiger partial charge is 0.232 e. The Morgan fingerprint density at radius 1 is 1.19 bits per heavy atom. The Labute approximate surface area is 184 Å². The highest BCUT2D eigenvalue weighted by Gasteiger charge is 2.39. The highest BCUT2D eigenvalue weighted by atomic mass is 32.1. The second-order valence-corrected chi connectivity index (χ2v) is 8.86. The molecule has 0 spiro atoms. The first-order valence-corrected chi connectivity index (χ1v) is 11.1. The largest absolute Gasteiger partial charge is 0.396 e. The number of aromatic nitrogens is 4. The minimum atomic E-state index is -0.756. The van der Waals surface area contributed by atoms with Gasteiger partial charge in [0.25, 0.3) is 0 Å². The van der Waals surface area contributed by atoms with E-state index in [1.807, 2.05) is 49.0 Å². The molecule has 7 nitrogen and oxygen atoms in total. The van der Waals surface area contributed by atoms with E-state index >= 15 is 0 Å². The number of aryl methyl sites for hydroxylation is 1. The molecule has 1 amide bonds. The lowest BCUT2D eigenvalue weighted by molar-refractivity contribution is -0.124. The molecule has 0 aliphatic rings. The third-order valence-electron chi connectivity index (χ3n) is 5.55. The van der Waals surface area contributed by atoms with Crippen molar-refractivity contribution in [1.29, 1.82) is 0 Å². The zero-order chi connectivity index (χ0) is 21.8. The second kappa shape index (κ2) is 8.95. The maximum Gasteiger partial charge on any atom is 0.232 e. The first kappa shape index (κ1) is 21.1. The molecular formula is C23H25N5O2S. The van der Waals surface area contributed by atoms with E-state index < -0.39 is 5.41 Å². The van der Waals surface area contributed by atoms with E-state index in [0.29, 0.717) is 18.1 Å². The number of anilines is 1. The Morgan fingerprint density at radius 3 is 2.71 bits per heavy atom. The number of aliphatic hydroxyl groups is 1. The Kier molecular flexibility index (Phi) is 6.11. The molecule has 2 heterocycles. The Hall–Kier alpha value is -3.10. The number of hydrogen-bond donors (Lipinski definition) is 2. The van der Waals surface area contributed by atoms with Crippen LogP contribution in [0.5, 0.6) is 0 Å². The third kappa shape index (κ3) is 4.35. The molecule has 1 unspecified atom stereocenters. The van der Waals surface area contributed by atoms with Crippen LogP contribution >= 0.6 is 11.3 Å². The number of fused-ring (bicyclic) bond motifs is 1. The van der Waals surface area contributed by atoms with Crippen LogP contribution in [0, 0.1) is 5.41 Å². The van der Waals surface area contributed by atoms with E-state index in [1.165, 1.54) is 11.3 Å². The van der Waals surface area contributed by atoms with Crippen molar-refractivity contribution in [2.75, 3.05) is 11.9 Å². The Bertz CT molecular complexity index is 1160. The molecule has 4 aromatic rings. The van der Waals surface area contributed by atoms with Crippen molar-refractivity contribution < 1.29 is 9.90 Å². The number of carbonyl (C=O) groups excluding carboxylic acids is 1. The summed E-state index contributed by atoms with van der Waals surface area (Å²) in [5.41, 5.74) is 3.96. The number of rotatable bonds is 8.